The number of nitro groups is 1. The van der Waals surface area contributed by atoms with Gasteiger partial charge in [0.15, 0.2) is 6.33 Å². The van der Waals surface area contributed by atoms with E-state index in [4.69, 9.17) is 0 Å². The molecule has 2 rings (SSSR count). The zero-order valence-electron chi connectivity index (χ0n) is 6.48. The van der Waals surface area contributed by atoms with Crippen molar-refractivity contribution in [2.75, 3.05) is 0 Å². The van der Waals surface area contributed by atoms with Crippen LogP contribution in [0.2, 0.25) is 0 Å². The Hall–Kier alpha value is -1.57. The number of hydrogen-bond acceptors (Lipinski definition) is 8. The number of rotatable bonds is 1. The van der Waals surface area contributed by atoms with Crippen molar-refractivity contribution in [1.82, 2.24) is 20.6 Å². The predicted octanol–water partition coefficient (Wildman–Crippen LogP) is -5.41. The smallest absolute Gasteiger partial charge is 0.302 e. The molecule has 2 N–H and O–H groups in total. The molecule has 0 aromatic carbocycles. The molecule has 0 bridgehead atoms. The minimum atomic E-state index is -0.653. The first-order valence-corrected chi connectivity index (χ1v) is 2.92. The molecule has 1 aromatic heterocycles. The van der Waals surface area contributed by atoms with Gasteiger partial charge in [0.2, 0.25) is 0 Å². The van der Waals surface area contributed by atoms with E-state index in [9.17, 15) is 10.1 Å². The van der Waals surface area contributed by atoms with Gasteiger partial charge in [-0.15, -0.1) is 10.2 Å². The number of halogens is 1. The minimum Gasteiger partial charge on any atom is -1.00 e. The summed E-state index contributed by atoms with van der Waals surface area (Å²) in [4.78, 5) is 9.73. The van der Waals surface area contributed by atoms with Crippen molar-refractivity contribution in [3.8, 4) is 0 Å². The van der Waals surface area contributed by atoms with Crippen molar-refractivity contribution in [2.45, 2.75) is 0 Å². The molecule has 1 aromatic rings. The minimum absolute atomic E-state index is 0. The van der Waals surface area contributed by atoms with E-state index < -0.39 is 5.03 Å². The van der Waals surface area contributed by atoms with Gasteiger partial charge < -0.3 is 24.0 Å². The maximum Gasteiger partial charge on any atom is 0.302 e. The Bertz CT molecular complexity index is 277. The zero-order valence-corrected chi connectivity index (χ0v) is 8.64. The molecule has 0 fully saturated rings. The van der Waals surface area contributed by atoms with Crippen LogP contribution < -0.4 is 29.1 Å². The van der Waals surface area contributed by atoms with Gasteiger partial charge >= 0.3 is 6.34 Å². The van der Waals surface area contributed by atoms with Crippen LogP contribution in [0.4, 0.5) is 0 Å². The van der Waals surface area contributed by atoms with Crippen molar-refractivity contribution in [3.63, 3.8) is 0 Å². The third-order valence-electron chi connectivity index (χ3n) is 0.829. The zero-order chi connectivity index (χ0) is 9.52. The van der Waals surface area contributed by atoms with Gasteiger partial charge in [0.25, 0.3) is 5.03 Å². The van der Waals surface area contributed by atoms with Gasteiger partial charge in [-0.25, -0.2) is 10.1 Å². The van der Waals surface area contributed by atoms with E-state index in [1.165, 1.54) is 6.33 Å². The van der Waals surface area contributed by atoms with Gasteiger partial charge in [-0.3, -0.25) is 0 Å². The SMILES string of the molecule is O=[N+]([O-])[NH+]1C=NN=N1.[I-].c1nn[nH]n1. The first-order chi connectivity index (χ1) is 6.30. The summed E-state index contributed by atoms with van der Waals surface area (Å²) in [6.45, 7) is 0. The van der Waals surface area contributed by atoms with Crippen molar-refractivity contribution >= 4 is 6.34 Å². The molecular formula is C2H4IN9O2. The molecule has 0 radical (unpaired) electrons. The lowest BCUT2D eigenvalue weighted by atomic mass is 11.3. The molecule has 2 heterocycles. The summed E-state index contributed by atoms with van der Waals surface area (Å²) in [7, 11) is 0. The van der Waals surface area contributed by atoms with Crippen molar-refractivity contribution in [3.05, 3.63) is 16.4 Å². The summed E-state index contributed by atoms with van der Waals surface area (Å²) in [5.74, 6) is 0. The highest BCUT2D eigenvalue weighted by molar-refractivity contribution is 5.41. The Morgan fingerprint density at radius 1 is 1.50 bits per heavy atom. The summed E-state index contributed by atoms with van der Waals surface area (Å²) in [6.07, 6.45) is 2.32. The van der Waals surface area contributed by atoms with Gasteiger partial charge in [0, 0.05) is 5.22 Å². The second kappa shape index (κ2) is 6.89. The number of nitrogens with one attached hydrogen (secondary N) is 2. The summed E-state index contributed by atoms with van der Waals surface area (Å²) >= 11 is 0. The van der Waals surface area contributed by atoms with Gasteiger partial charge in [0.05, 0.1) is 0 Å². The summed E-state index contributed by atoms with van der Waals surface area (Å²) < 4.78 is 0. The van der Waals surface area contributed by atoms with E-state index in [1.807, 2.05) is 0 Å². The second-order valence-electron chi connectivity index (χ2n) is 1.61. The fraction of sp³-hybridized carbons (Fsp3) is 0. The fourth-order valence-electron chi connectivity index (χ4n) is 0.388. The Morgan fingerprint density at radius 3 is 2.50 bits per heavy atom. The van der Waals surface area contributed by atoms with Crippen LogP contribution in [0, 0.1) is 10.1 Å². The van der Waals surface area contributed by atoms with Crippen molar-refractivity contribution in [1.29, 1.82) is 0 Å². The highest BCUT2D eigenvalue weighted by Gasteiger charge is 2.19. The number of tetrazole rings is 1. The molecule has 11 nitrogen and oxygen atoms in total. The van der Waals surface area contributed by atoms with Crippen molar-refractivity contribution in [2.24, 2.45) is 15.5 Å². The van der Waals surface area contributed by atoms with Crippen LogP contribution >= 0.6 is 0 Å². The van der Waals surface area contributed by atoms with E-state index in [2.05, 4.69) is 36.2 Å². The third kappa shape index (κ3) is 4.45. The molecule has 1 atom stereocenters. The topological polar surface area (TPSA) is 139 Å². The Morgan fingerprint density at radius 2 is 2.29 bits per heavy atom. The molecule has 0 saturated heterocycles. The molecular weight excluding hydrogens is 309 g/mol. The van der Waals surface area contributed by atoms with Crippen LogP contribution in [0.5, 0.6) is 0 Å². The lowest BCUT2D eigenvalue weighted by Crippen LogP contribution is -3.08. The highest BCUT2D eigenvalue weighted by atomic mass is 127. The first kappa shape index (κ1) is 12.4. The van der Waals surface area contributed by atoms with Crippen LogP contribution in [0.1, 0.15) is 0 Å². The number of H-pyrrole nitrogens is 1. The number of aromatic nitrogens is 4. The van der Waals surface area contributed by atoms with Crippen LogP contribution in [0.25, 0.3) is 0 Å². The Kier molecular flexibility index (Phi) is 6.12. The van der Waals surface area contributed by atoms with Crippen LogP contribution in [-0.2, 0) is 0 Å². The van der Waals surface area contributed by atoms with E-state index >= 15 is 0 Å². The Labute approximate surface area is 93.4 Å². The van der Waals surface area contributed by atoms with Gasteiger partial charge in [-0.2, -0.15) is 5.21 Å². The first-order valence-electron chi connectivity index (χ1n) is 2.92. The molecule has 0 amide bonds. The average Bonchev–Trinajstić information content (AvgIpc) is 2.82. The molecule has 1 aliphatic rings. The quantitative estimate of drug-likeness (QED) is 0.303. The maximum absolute atomic E-state index is 9.73. The highest BCUT2D eigenvalue weighted by Crippen LogP contribution is 1.70. The van der Waals surface area contributed by atoms with Gasteiger partial charge in [-0.1, -0.05) is 10.3 Å². The molecule has 0 aliphatic carbocycles. The maximum atomic E-state index is 9.73. The molecule has 76 valence electrons. The summed E-state index contributed by atoms with van der Waals surface area (Å²) in [5.41, 5.74) is 0. The average molecular weight is 313 g/mol. The van der Waals surface area contributed by atoms with E-state index in [-0.39, 0.29) is 29.1 Å². The fourth-order valence-corrected chi connectivity index (χ4v) is 0.388. The van der Waals surface area contributed by atoms with E-state index in [0.29, 0.717) is 0 Å². The van der Waals surface area contributed by atoms with E-state index in [0.717, 1.165) is 6.34 Å². The van der Waals surface area contributed by atoms with E-state index in [1.54, 1.807) is 0 Å². The lowest BCUT2D eigenvalue weighted by Gasteiger charge is -1.82. The summed E-state index contributed by atoms with van der Waals surface area (Å²) in [5, 5.41) is 30.1. The summed E-state index contributed by atoms with van der Waals surface area (Å²) in [6, 6.07) is 0. The molecule has 0 saturated carbocycles. The number of aromatic amines is 1. The van der Waals surface area contributed by atoms with Crippen LogP contribution in [-0.4, -0.2) is 32.0 Å². The van der Waals surface area contributed by atoms with Gasteiger partial charge in [0.1, 0.15) is 10.3 Å². The number of quaternary nitrogens is 1. The van der Waals surface area contributed by atoms with Gasteiger partial charge in [-0.05, 0) is 0 Å². The lowest BCUT2D eigenvalue weighted by molar-refractivity contribution is -1.27. The molecule has 14 heavy (non-hydrogen) atoms. The van der Waals surface area contributed by atoms with Crippen LogP contribution in [0.3, 0.4) is 0 Å². The molecule has 12 heteroatoms. The van der Waals surface area contributed by atoms with Crippen molar-refractivity contribution < 1.29 is 34.1 Å². The molecule has 0 spiro atoms. The number of hydrogen-bond donors (Lipinski definition) is 2. The normalized spacial score (nSPS) is 16.7. The molecule has 1 unspecified atom stereocenters. The monoisotopic (exact) mass is 313 g/mol. The predicted molar refractivity (Wildman–Crippen MR) is 35.5 cm³/mol. The number of nitrogens with zero attached hydrogens (tertiary/aromatic N) is 7. The molecule has 1 aliphatic heterocycles. The second-order valence-corrected chi connectivity index (χ2v) is 1.61. The largest absolute Gasteiger partial charge is 1.00 e. The van der Waals surface area contributed by atoms with Crippen LogP contribution in [0.15, 0.2) is 21.9 Å². The Balaban J connectivity index is 0.000000246. The standard InChI is InChI=1S/CHN5O2.CH2N4.HI/c7-6(8)5-1-2-3-4-5;1-2-4-5-3-1;/h1H;1H,(H,2,3,4,5);1H. The third-order valence-corrected chi connectivity index (χ3v) is 0.829.